The van der Waals surface area contributed by atoms with Crippen molar-refractivity contribution in [3.63, 3.8) is 0 Å². The van der Waals surface area contributed by atoms with E-state index in [0.717, 1.165) is 0 Å². The Labute approximate surface area is 197 Å². The lowest BCUT2D eigenvalue weighted by atomic mass is 10.1. The van der Waals surface area contributed by atoms with Crippen LogP contribution in [0, 0.1) is 0 Å². The van der Waals surface area contributed by atoms with Crippen molar-refractivity contribution in [1.29, 1.82) is 0 Å². The number of aromatic carboxylic acids is 1. The van der Waals surface area contributed by atoms with Crippen molar-refractivity contribution >= 4 is 27.2 Å². The minimum absolute atomic E-state index is 0.000570. The van der Waals surface area contributed by atoms with Crippen molar-refractivity contribution in [2.45, 2.75) is 9.92 Å². The van der Waals surface area contributed by atoms with Crippen LogP contribution in [0.25, 0.3) is 0 Å². The lowest BCUT2D eigenvalue weighted by Crippen LogP contribution is -2.19. The zero-order valence-corrected chi connectivity index (χ0v) is 20.0. The maximum Gasteiger partial charge on any atom is 0.338 e. The van der Waals surface area contributed by atoms with Gasteiger partial charge in [-0.2, -0.15) is 0 Å². The highest BCUT2D eigenvalue weighted by atomic mass is 32.2. The second-order valence-electron chi connectivity index (χ2n) is 6.91. The molecular formula is C23H24N2O8S. The number of ether oxygens (including phenoxy) is 4. The van der Waals surface area contributed by atoms with Crippen molar-refractivity contribution in [3.05, 3.63) is 54.2 Å². The third-order valence-corrected chi connectivity index (χ3v) is 6.82. The number of rotatable bonds is 9. The maximum absolute atomic E-state index is 13.5. The normalized spacial score (nSPS) is 11.0. The number of hydrogen-bond acceptors (Lipinski definition) is 9. The van der Waals surface area contributed by atoms with Gasteiger partial charge in [0.2, 0.25) is 15.6 Å². The van der Waals surface area contributed by atoms with Crippen LogP contribution in [0.1, 0.15) is 10.4 Å². The minimum atomic E-state index is -4.08. The van der Waals surface area contributed by atoms with Gasteiger partial charge < -0.3 is 29.0 Å². The highest BCUT2D eigenvalue weighted by Crippen LogP contribution is 2.49. The van der Waals surface area contributed by atoms with Gasteiger partial charge in [-0.25, -0.2) is 18.2 Å². The number of carboxylic acid groups (broad SMARTS) is 1. The van der Waals surface area contributed by atoms with E-state index in [1.54, 1.807) is 6.07 Å². The Hall–Kier alpha value is -3.99. The monoisotopic (exact) mass is 488 g/mol. The summed E-state index contributed by atoms with van der Waals surface area (Å²) < 4.78 is 48.2. The molecule has 0 unspecified atom stereocenters. The zero-order valence-electron chi connectivity index (χ0n) is 19.2. The molecule has 0 saturated carbocycles. The molecule has 0 aliphatic heterocycles. The first-order valence-corrected chi connectivity index (χ1v) is 11.3. The molecule has 3 aromatic rings. The number of sulfone groups is 1. The summed E-state index contributed by atoms with van der Waals surface area (Å²) in [7, 11) is 3.01. The van der Waals surface area contributed by atoms with Crippen LogP contribution in [-0.4, -0.2) is 60.0 Å². The molecule has 0 fully saturated rings. The molecule has 0 atom stereocenters. The second-order valence-corrected chi connectivity index (χ2v) is 8.78. The van der Waals surface area contributed by atoms with Crippen molar-refractivity contribution in [1.82, 2.24) is 4.98 Å². The summed E-state index contributed by atoms with van der Waals surface area (Å²) in [5, 5.41) is 9.63. The average Bonchev–Trinajstić information content (AvgIpc) is 2.86. The summed E-state index contributed by atoms with van der Waals surface area (Å²) in [5.74, 6) is -0.423. The minimum Gasteiger partial charge on any atom is -0.497 e. The zero-order chi connectivity index (χ0) is 25.0. The quantitative estimate of drug-likeness (QED) is 0.479. The van der Waals surface area contributed by atoms with Crippen LogP contribution in [0.5, 0.6) is 23.0 Å². The standard InChI is InChI=1S/C23H24N2O8S/c1-25(19-16(23(26)27)13-18(31-3)20(32-4)21(19)33-5)17-7-6-12-24-22(17)34(28,29)15-10-8-14(30-2)9-11-15/h6-13H,1-5H3,(H,26,27). The first-order valence-electron chi connectivity index (χ1n) is 9.85. The number of aromatic nitrogens is 1. The van der Waals surface area contributed by atoms with E-state index >= 15 is 0 Å². The fourth-order valence-electron chi connectivity index (χ4n) is 3.47. The van der Waals surface area contributed by atoms with Gasteiger partial charge in [-0.15, -0.1) is 0 Å². The highest BCUT2D eigenvalue weighted by Gasteiger charge is 2.31. The lowest BCUT2D eigenvalue weighted by Gasteiger charge is -2.27. The van der Waals surface area contributed by atoms with E-state index in [1.807, 2.05) is 0 Å². The van der Waals surface area contributed by atoms with Crippen LogP contribution in [0.15, 0.2) is 58.6 Å². The Morgan fingerprint density at radius 2 is 1.59 bits per heavy atom. The molecule has 3 rings (SSSR count). The molecule has 11 heteroatoms. The van der Waals surface area contributed by atoms with Gasteiger partial charge in [0.1, 0.15) is 11.4 Å². The van der Waals surface area contributed by atoms with E-state index in [1.165, 1.54) is 83.0 Å². The predicted octanol–water partition coefficient (Wildman–Crippen LogP) is 3.41. The third kappa shape index (κ3) is 4.29. The molecule has 0 spiro atoms. The molecule has 0 aliphatic carbocycles. The molecule has 0 saturated heterocycles. The summed E-state index contributed by atoms with van der Waals surface area (Å²) in [6.45, 7) is 0. The first kappa shape index (κ1) is 24.6. The van der Waals surface area contributed by atoms with Gasteiger partial charge in [-0.3, -0.25) is 0 Å². The SMILES string of the molecule is COc1ccc(S(=O)(=O)c2ncccc2N(C)c2c(C(=O)O)cc(OC)c(OC)c2OC)cc1. The maximum atomic E-state index is 13.5. The summed E-state index contributed by atoms with van der Waals surface area (Å²) >= 11 is 0. The van der Waals surface area contributed by atoms with E-state index in [2.05, 4.69) is 4.98 Å². The van der Waals surface area contributed by atoms with Crippen LogP contribution in [0.3, 0.4) is 0 Å². The number of nitrogens with zero attached hydrogens (tertiary/aromatic N) is 2. The van der Waals surface area contributed by atoms with E-state index in [-0.39, 0.29) is 44.1 Å². The number of methoxy groups -OCH3 is 4. The number of anilines is 2. The van der Waals surface area contributed by atoms with Crippen LogP contribution < -0.4 is 23.8 Å². The summed E-state index contributed by atoms with van der Waals surface area (Å²) in [5.41, 5.74) is 0.00631. The molecule has 0 amide bonds. The van der Waals surface area contributed by atoms with Gasteiger partial charge in [0.15, 0.2) is 16.5 Å². The summed E-state index contributed by atoms with van der Waals surface area (Å²) in [4.78, 5) is 17.6. The molecule has 0 aliphatic rings. The Balaban J connectivity index is 2.27. The van der Waals surface area contributed by atoms with Crippen molar-refractivity contribution < 1.29 is 37.3 Å². The van der Waals surface area contributed by atoms with E-state index < -0.39 is 15.8 Å². The lowest BCUT2D eigenvalue weighted by molar-refractivity contribution is 0.0696. The van der Waals surface area contributed by atoms with Crippen molar-refractivity contribution in [2.75, 3.05) is 40.4 Å². The Bertz CT molecular complexity index is 1310. The molecular weight excluding hydrogens is 464 g/mol. The fourth-order valence-corrected chi connectivity index (χ4v) is 4.87. The van der Waals surface area contributed by atoms with E-state index in [9.17, 15) is 18.3 Å². The molecule has 2 aromatic carbocycles. The molecule has 0 radical (unpaired) electrons. The highest BCUT2D eigenvalue weighted by molar-refractivity contribution is 7.91. The molecule has 0 bridgehead atoms. The van der Waals surface area contributed by atoms with Crippen LogP contribution >= 0.6 is 0 Å². The Morgan fingerprint density at radius 1 is 0.941 bits per heavy atom. The number of hydrogen-bond donors (Lipinski definition) is 1. The molecule has 10 nitrogen and oxygen atoms in total. The number of carbonyl (C=O) groups is 1. The summed E-state index contributed by atoms with van der Waals surface area (Å²) in [6.07, 6.45) is 1.34. The van der Waals surface area contributed by atoms with Gasteiger partial charge in [0, 0.05) is 19.3 Å². The summed E-state index contributed by atoms with van der Waals surface area (Å²) in [6, 6.07) is 10.2. The number of carboxylic acids is 1. The number of benzene rings is 2. The van der Waals surface area contributed by atoms with Gasteiger partial charge in [-0.1, -0.05) is 0 Å². The first-order chi connectivity index (χ1) is 16.2. The fraction of sp³-hybridized carbons (Fsp3) is 0.217. The van der Waals surface area contributed by atoms with Crippen LogP contribution in [-0.2, 0) is 9.84 Å². The van der Waals surface area contributed by atoms with Crippen LogP contribution in [0.2, 0.25) is 0 Å². The topological polar surface area (TPSA) is 124 Å². The Morgan fingerprint density at radius 3 is 2.12 bits per heavy atom. The second kappa shape index (κ2) is 9.87. The predicted molar refractivity (Wildman–Crippen MR) is 124 cm³/mol. The van der Waals surface area contributed by atoms with E-state index in [0.29, 0.717) is 5.75 Å². The van der Waals surface area contributed by atoms with Gasteiger partial charge in [-0.05, 0) is 36.4 Å². The van der Waals surface area contributed by atoms with Crippen molar-refractivity contribution in [3.8, 4) is 23.0 Å². The third-order valence-electron chi connectivity index (χ3n) is 5.11. The number of pyridine rings is 1. The Kier molecular flexibility index (Phi) is 7.16. The van der Waals surface area contributed by atoms with E-state index in [4.69, 9.17) is 18.9 Å². The van der Waals surface area contributed by atoms with Gasteiger partial charge in [0.05, 0.1) is 44.6 Å². The smallest absolute Gasteiger partial charge is 0.338 e. The molecule has 180 valence electrons. The molecule has 1 aromatic heterocycles. The molecule has 34 heavy (non-hydrogen) atoms. The van der Waals surface area contributed by atoms with Crippen molar-refractivity contribution in [2.24, 2.45) is 0 Å². The van der Waals surface area contributed by atoms with Gasteiger partial charge in [0.25, 0.3) is 0 Å². The molecule has 1 heterocycles. The largest absolute Gasteiger partial charge is 0.497 e. The molecule has 1 N–H and O–H groups in total. The van der Waals surface area contributed by atoms with Crippen LogP contribution in [0.4, 0.5) is 11.4 Å². The van der Waals surface area contributed by atoms with Gasteiger partial charge >= 0.3 is 5.97 Å². The average molecular weight is 489 g/mol.